The molecule has 9 heteroatoms. The van der Waals surface area contributed by atoms with Gasteiger partial charge in [0.15, 0.2) is 11.6 Å². The molecule has 0 unspecified atom stereocenters. The summed E-state index contributed by atoms with van der Waals surface area (Å²) in [5, 5.41) is 13.6. The minimum Gasteiger partial charge on any atom is -0.355 e. The van der Waals surface area contributed by atoms with Crippen molar-refractivity contribution in [2.75, 3.05) is 57.3 Å². The van der Waals surface area contributed by atoms with Crippen molar-refractivity contribution in [3.05, 3.63) is 29.6 Å². The Morgan fingerprint density at radius 1 is 0.909 bits per heavy atom. The first-order chi connectivity index (χ1) is 16.2. The largest absolute Gasteiger partial charge is 0.355 e. The van der Waals surface area contributed by atoms with E-state index in [-0.39, 0.29) is 5.91 Å². The van der Waals surface area contributed by atoms with Gasteiger partial charge in [0.05, 0.1) is 12.2 Å². The smallest absolute Gasteiger partial charge is 0.236 e. The van der Waals surface area contributed by atoms with E-state index in [0.29, 0.717) is 6.54 Å². The van der Waals surface area contributed by atoms with Crippen LogP contribution in [0.4, 0.5) is 5.82 Å². The molecule has 2 aromatic heterocycles. The topological polar surface area (TPSA) is 73.6 Å². The van der Waals surface area contributed by atoms with E-state index < -0.39 is 0 Å². The second-order valence-electron chi connectivity index (χ2n) is 9.95. The highest BCUT2D eigenvalue weighted by atomic mass is 16.2. The number of fused-ring (bicyclic) bond motifs is 1. The first-order valence-corrected chi connectivity index (χ1v) is 12.6. The standard InChI is InChI=1S/C24H34N8O/c33-24(31-14-12-29(13-15-31)20-4-3-5-20)18-28-11-8-21-19(16-28)17-32(27-21)23-7-6-22(25-26-23)30-9-1-2-10-30/h6-7,17,20H,1-5,8-16,18H2. The minimum absolute atomic E-state index is 0.266. The van der Waals surface area contributed by atoms with Gasteiger partial charge in [0.2, 0.25) is 5.91 Å². The average Bonchev–Trinajstić information content (AvgIpc) is 3.48. The third-order valence-corrected chi connectivity index (χ3v) is 7.85. The molecule has 0 aromatic carbocycles. The van der Waals surface area contributed by atoms with Crippen molar-refractivity contribution in [3.8, 4) is 5.82 Å². The van der Waals surface area contributed by atoms with Crippen LogP contribution in [0.3, 0.4) is 0 Å². The number of carbonyl (C=O) groups excluding carboxylic acids is 1. The number of carbonyl (C=O) groups is 1. The highest BCUT2D eigenvalue weighted by Gasteiger charge is 2.30. The Morgan fingerprint density at radius 3 is 2.36 bits per heavy atom. The van der Waals surface area contributed by atoms with Crippen molar-refractivity contribution in [2.24, 2.45) is 0 Å². The van der Waals surface area contributed by atoms with Crippen molar-refractivity contribution >= 4 is 11.7 Å². The summed E-state index contributed by atoms with van der Waals surface area (Å²) in [4.78, 5) is 22.1. The Bertz CT molecular complexity index is 971. The van der Waals surface area contributed by atoms with E-state index in [2.05, 4.69) is 36.0 Å². The fourth-order valence-corrected chi connectivity index (χ4v) is 5.56. The summed E-state index contributed by atoms with van der Waals surface area (Å²) in [7, 11) is 0. The monoisotopic (exact) mass is 450 g/mol. The number of piperazine rings is 1. The Morgan fingerprint density at radius 2 is 1.67 bits per heavy atom. The molecule has 1 aliphatic carbocycles. The molecule has 176 valence electrons. The Hall–Kier alpha value is -2.52. The molecule has 9 nitrogen and oxygen atoms in total. The van der Waals surface area contributed by atoms with Crippen molar-refractivity contribution < 1.29 is 4.79 Å². The molecule has 0 atom stereocenters. The average molecular weight is 451 g/mol. The molecule has 3 aliphatic heterocycles. The summed E-state index contributed by atoms with van der Waals surface area (Å²) < 4.78 is 1.84. The molecule has 2 saturated heterocycles. The van der Waals surface area contributed by atoms with Crippen molar-refractivity contribution in [1.82, 2.24) is 34.7 Å². The van der Waals surface area contributed by atoms with E-state index in [0.717, 1.165) is 82.2 Å². The highest BCUT2D eigenvalue weighted by Crippen LogP contribution is 2.26. The molecular weight excluding hydrogens is 416 g/mol. The third-order valence-electron chi connectivity index (χ3n) is 7.85. The van der Waals surface area contributed by atoms with Gasteiger partial charge >= 0.3 is 0 Å². The lowest BCUT2D eigenvalue weighted by Gasteiger charge is -2.43. The van der Waals surface area contributed by atoms with Crippen LogP contribution in [-0.2, 0) is 17.8 Å². The maximum Gasteiger partial charge on any atom is 0.236 e. The van der Waals surface area contributed by atoms with E-state index >= 15 is 0 Å². The van der Waals surface area contributed by atoms with Gasteiger partial charge in [-0.15, -0.1) is 10.2 Å². The van der Waals surface area contributed by atoms with E-state index in [4.69, 9.17) is 5.10 Å². The predicted molar refractivity (Wildman–Crippen MR) is 125 cm³/mol. The fraction of sp³-hybridized carbons (Fsp3) is 0.667. The van der Waals surface area contributed by atoms with Crippen LogP contribution in [0.5, 0.6) is 0 Å². The molecule has 0 bridgehead atoms. The minimum atomic E-state index is 0.266. The summed E-state index contributed by atoms with van der Waals surface area (Å²) in [6.45, 7) is 8.08. The number of amides is 1. The van der Waals surface area contributed by atoms with E-state index in [1.165, 1.54) is 37.7 Å². The molecular formula is C24H34N8O. The van der Waals surface area contributed by atoms with Gasteiger partial charge in [-0.2, -0.15) is 5.10 Å². The van der Waals surface area contributed by atoms with Gasteiger partial charge in [-0.3, -0.25) is 14.6 Å². The van der Waals surface area contributed by atoms with Gasteiger partial charge in [0, 0.05) is 76.6 Å². The van der Waals surface area contributed by atoms with Gasteiger partial charge in [-0.05, 0) is 37.8 Å². The summed E-state index contributed by atoms with van der Waals surface area (Å²) in [6.07, 6.45) is 9.43. The molecule has 1 amide bonds. The van der Waals surface area contributed by atoms with Crippen LogP contribution in [0, 0.1) is 0 Å². The predicted octanol–water partition coefficient (Wildman–Crippen LogP) is 1.32. The number of hydrogen-bond acceptors (Lipinski definition) is 7. The van der Waals surface area contributed by atoms with E-state index in [1.54, 1.807) is 0 Å². The van der Waals surface area contributed by atoms with Crippen LogP contribution in [0.1, 0.15) is 43.4 Å². The van der Waals surface area contributed by atoms with Gasteiger partial charge in [-0.25, -0.2) is 4.68 Å². The highest BCUT2D eigenvalue weighted by molar-refractivity contribution is 5.78. The number of anilines is 1. The SMILES string of the molecule is O=C(CN1CCc2nn(-c3ccc(N4CCCC4)nn3)cc2C1)N1CCN(C2CCC2)CC1. The molecule has 33 heavy (non-hydrogen) atoms. The molecule has 0 N–H and O–H groups in total. The zero-order valence-electron chi connectivity index (χ0n) is 19.4. The first-order valence-electron chi connectivity index (χ1n) is 12.6. The first kappa shape index (κ1) is 21.0. The van der Waals surface area contributed by atoms with Crippen LogP contribution >= 0.6 is 0 Å². The number of nitrogens with zero attached hydrogens (tertiary/aromatic N) is 8. The van der Waals surface area contributed by atoms with Gasteiger partial charge < -0.3 is 9.80 Å². The van der Waals surface area contributed by atoms with Crippen molar-refractivity contribution in [1.29, 1.82) is 0 Å². The maximum atomic E-state index is 12.9. The lowest BCUT2D eigenvalue weighted by atomic mass is 9.91. The number of hydrogen-bond donors (Lipinski definition) is 0. The number of aromatic nitrogens is 4. The maximum absolute atomic E-state index is 12.9. The summed E-state index contributed by atoms with van der Waals surface area (Å²) >= 11 is 0. The third kappa shape index (κ3) is 4.36. The molecule has 6 rings (SSSR count). The molecule has 1 saturated carbocycles. The Balaban J connectivity index is 1.04. The molecule has 2 aromatic rings. The molecule has 0 spiro atoms. The molecule has 0 radical (unpaired) electrons. The second kappa shape index (κ2) is 9.02. The Labute approximate surface area is 195 Å². The van der Waals surface area contributed by atoms with E-state index in [9.17, 15) is 4.79 Å². The van der Waals surface area contributed by atoms with E-state index in [1.807, 2.05) is 16.8 Å². The fourth-order valence-electron chi connectivity index (χ4n) is 5.56. The van der Waals surface area contributed by atoms with Crippen LogP contribution in [0.25, 0.3) is 5.82 Å². The van der Waals surface area contributed by atoms with Gasteiger partial charge in [0.1, 0.15) is 0 Å². The van der Waals surface area contributed by atoms with Crippen LogP contribution in [0.15, 0.2) is 18.3 Å². The Kier molecular flexibility index (Phi) is 5.75. The lowest BCUT2D eigenvalue weighted by molar-refractivity contribution is -0.135. The van der Waals surface area contributed by atoms with Gasteiger partial charge in [0.25, 0.3) is 0 Å². The quantitative estimate of drug-likeness (QED) is 0.680. The molecule has 5 heterocycles. The zero-order chi connectivity index (χ0) is 22.2. The van der Waals surface area contributed by atoms with Crippen LogP contribution in [-0.4, -0.2) is 99.0 Å². The number of rotatable bonds is 5. The van der Waals surface area contributed by atoms with Crippen molar-refractivity contribution in [2.45, 2.75) is 51.1 Å². The van der Waals surface area contributed by atoms with Gasteiger partial charge in [-0.1, -0.05) is 6.42 Å². The molecule has 3 fully saturated rings. The second-order valence-corrected chi connectivity index (χ2v) is 9.95. The summed E-state index contributed by atoms with van der Waals surface area (Å²) in [6, 6.07) is 4.83. The summed E-state index contributed by atoms with van der Waals surface area (Å²) in [5.74, 6) is 1.97. The lowest BCUT2D eigenvalue weighted by Crippen LogP contribution is -2.55. The van der Waals surface area contributed by atoms with Crippen LogP contribution in [0.2, 0.25) is 0 Å². The zero-order valence-corrected chi connectivity index (χ0v) is 19.4. The van der Waals surface area contributed by atoms with Crippen molar-refractivity contribution in [3.63, 3.8) is 0 Å². The normalized spacial score (nSPS) is 22.4. The van der Waals surface area contributed by atoms with Crippen LogP contribution < -0.4 is 4.90 Å². The summed E-state index contributed by atoms with van der Waals surface area (Å²) in [5.41, 5.74) is 2.30. The molecule has 4 aliphatic rings.